The second-order valence-electron chi connectivity index (χ2n) is 8.62. The number of furan rings is 2. The van der Waals surface area contributed by atoms with Gasteiger partial charge in [-0.25, -0.2) is 9.97 Å². The van der Waals surface area contributed by atoms with Gasteiger partial charge in [0.1, 0.15) is 0 Å². The highest BCUT2D eigenvalue weighted by atomic mass is 32.1. The van der Waals surface area contributed by atoms with E-state index < -0.39 is 0 Å². The summed E-state index contributed by atoms with van der Waals surface area (Å²) in [5.74, 6) is 1.58. The first-order valence-electron chi connectivity index (χ1n) is 10.6. The van der Waals surface area contributed by atoms with Gasteiger partial charge in [0, 0.05) is 11.1 Å². The third kappa shape index (κ3) is 2.79. The largest absolute Gasteiger partial charge is 0.449 e. The van der Waals surface area contributed by atoms with E-state index in [0.717, 1.165) is 54.9 Å². The molecule has 6 aromatic rings. The van der Waals surface area contributed by atoms with E-state index in [1.165, 1.54) is 31.7 Å². The van der Waals surface area contributed by atoms with E-state index in [4.69, 9.17) is 18.8 Å². The van der Waals surface area contributed by atoms with E-state index in [9.17, 15) is 0 Å². The van der Waals surface area contributed by atoms with Crippen LogP contribution in [-0.2, 0) is 0 Å². The normalized spacial score (nSPS) is 12.1. The lowest BCUT2D eigenvalue weighted by Crippen LogP contribution is -1.80. The first kappa shape index (κ1) is 19.7. The van der Waals surface area contributed by atoms with Crippen molar-refractivity contribution in [3.05, 3.63) is 57.6 Å². The molecule has 0 unspecified atom stereocenters. The fraction of sp³-hybridized carbons (Fsp3) is 0.231. The summed E-state index contributed by atoms with van der Waals surface area (Å²) < 4.78 is 15.1. The zero-order chi connectivity index (χ0) is 22.3. The van der Waals surface area contributed by atoms with Gasteiger partial charge in [-0.1, -0.05) is 0 Å². The number of aryl methyl sites for hydroxylation is 6. The van der Waals surface area contributed by atoms with Crippen LogP contribution in [0.25, 0.3) is 53.1 Å². The van der Waals surface area contributed by atoms with Crippen LogP contribution in [-0.4, -0.2) is 9.97 Å². The maximum Gasteiger partial charge on any atom is 0.177 e. The maximum atomic E-state index is 6.35. The Bertz CT molecular complexity index is 1490. The number of thiazole rings is 2. The Kier molecular flexibility index (Phi) is 4.17. The predicted octanol–water partition coefficient (Wildman–Crippen LogP) is 8.43. The molecule has 0 amide bonds. The van der Waals surface area contributed by atoms with Crippen molar-refractivity contribution in [1.29, 1.82) is 0 Å². The van der Waals surface area contributed by atoms with Crippen molar-refractivity contribution in [2.24, 2.45) is 0 Å². The van der Waals surface area contributed by atoms with Gasteiger partial charge in [0.2, 0.25) is 0 Å². The second kappa shape index (κ2) is 6.77. The Morgan fingerprint density at radius 3 is 1.34 bits per heavy atom. The molecule has 2 aromatic carbocycles. The average molecular weight is 459 g/mol. The number of hydrogen-bond acceptors (Lipinski definition) is 6. The molecule has 160 valence electrons. The summed E-state index contributed by atoms with van der Waals surface area (Å²) in [4.78, 5) is 9.70. The number of fused-ring (bicyclic) bond motifs is 3. The molecular weight excluding hydrogens is 436 g/mol. The summed E-state index contributed by atoms with van der Waals surface area (Å²) in [6, 6.07) is 8.70. The van der Waals surface area contributed by atoms with Crippen molar-refractivity contribution in [2.45, 2.75) is 41.5 Å². The molecule has 4 aromatic heterocycles. The molecule has 0 atom stereocenters. The van der Waals surface area contributed by atoms with Crippen LogP contribution < -0.4 is 0 Å². The summed E-state index contributed by atoms with van der Waals surface area (Å²) in [6.45, 7) is 12.6. The van der Waals surface area contributed by atoms with Gasteiger partial charge in [-0.3, -0.25) is 0 Å². The molecule has 6 rings (SSSR count). The van der Waals surface area contributed by atoms with Crippen molar-refractivity contribution in [3.8, 4) is 21.5 Å². The van der Waals surface area contributed by atoms with Crippen molar-refractivity contribution < 1.29 is 8.83 Å². The fourth-order valence-corrected chi connectivity index (χ4v) is 6.28. The molecule has 0 N–H and O–H groups in total. The van der Waals surface area contributed by atoms with Gasteiger partial charge >= 0.3 is 0 Å². The Hall–Kier alpha value is -2.96. The number of benzene rings is 2. The van der Waals surface area contributed by atoms with Gasteiger partial charge in [0.15, 0.2) is 32.7 Å². The van der Waals surface area contributed by atoms with Crippen LogP contribution in [0, 0.1) is 41.5 Å². The summed E-state index contributed by atoms with van der Waals surface area (Å²) in [7, 11) is 0. The topological polar surface area (TPSA) is 52.1 Å². The van der Waals surface area contributed by atoms with Gasteiger partial charge in [-0.05, 0) is 88.1 Å². The van der Waals surface area contributed by atoms with E-state index >= 15 is 0 Å². The lowest BCUT2D eigenvalue weighted by Gasteiger charge is -1.97. The molecule has 0 bridgehead atoms. The van der Waals surface area contributed by atoms with E-state index in [2.05, 4.69) is 52.0 Å². The number of hydrogen-bond donors (Lipinski definition) is 0. The van der Waals surface area contributed by atoms with Crippen LogP contribution >= 0.6 is 22.7 Å². The predicted molar refractivity (Wildman–Crippen MR) is 134 cm³/mol. The minimum atomic E-state index is 0.783. The first-order valence-corrected chi connectivity index (χ1v) is 12.2. The van der Waals surface area contributed by atoms with E-state index in [1.807, 2.05) is 13.8 Å². The van der Waals surface area contributed by atoms with Gasteiger partial charge in [0.25, 0.3) is 0 Å². The zero-order valence-corrected chi connectivity index (χ0v) is 20.5. The molecule has 0 aliphatic rings. The van der Waals surface area contributed by atoms with Gasteiger partial charge < -0.3 is 8.83 Å². The minimum absolute atomic E-state index is 0.783. The highest BCUT2D eigenvalue weighted by Gasteiger charge is 2.25. The molecule has 6 heteroatoms. The van der Waals surface area contributed by atoms with Crippen molar-refractivity contribution >= 4 is 54.3 Å². The summed E-state index contributed by atoms with van der Waals surface area (Å²) in [5, 5.41) is 1.78. The lowest BCUT2D eigenvalue weighted by molar-refractivity contribution is 0.622. The van der Waals surface area contributed by atoms with Gasteiger partial charge in [0.05, 0.1) is 20.4 Å². The molecule has 4 heterocycles. The summed E-state index contributed by atoms with van der Waals surface area (Å²) in [5.41, 5.74) is 10.6. The quantitative estimate of drug-likeness (QED) is 0.261. The molecule has 0 spiro atoms. The fourth-order valence-electron chi connectivity index (χ4n) is 4.11. The Morgan fingerprint density at radius 2 is 0.938 bits per heavy atom. The molecule has 0 aliphatic carbocycles. The van der Waals surface area contributed by atoms with Gasteiger partial charge in [-0.2, -0.15) is 0 Å². The zero-order valence-electron chi connectivity index (χ0n) is 18.8. The number of nitrogens with zero attached hydrogens (tertiary/aromatic N) is 2. The Labute approximate surface area is 193 Å². The highest BCUT2D eigenvalue weighted by molar-refractivity contribution is 7.22. The molecule has 0 fully saturated rings. The standard InChI is InChI=1S/C26H22N2O2S2/c1-11-7-17-19(9-13(11)3)31-25(27-17)23-15(5)21-22(29-23)16(6)24(30-21)26-28-18-8-12(2)14(4)10-20(18)32-26/h7-10H,1-6H3. The summed E-state index contributed by atoms with van der Waals surface area (Å²) in [6.07, 6.45) is 0. The third-order valence-corrected chi connectivity index (χ3v) is 8.41. The van der Waals surface area contributed by atoms with Crippen molar-refractivity contribution in [1.82, 2.24) is 9.97 Å². The van der Waals surface area contributed by atoms with Crippen molar-refractivity contribution in [3.63, 3.8) is 0 Å². The monoisotopic (exact) mass is 458 g/mol. The lowest BCUT2D eigenvalue weighted by atomic mass is 10.1. The van der Waals surface area contributed by atoms with Crippen LogP contribution in [0.5, 0.6) is 0 Å². The van der Waals surface area contributed by atoms with Crippen LogP contribution in [0.4, 0.5) is 0 Å². The van der Waals surface area contributed by atoms with Crippen LogP contribution in [0.3, 0.4) is 0 Å². The molecular formula is C26H22N2O2S2. The number of rotatable bonds is 2. The van der Waals surface area contributed by atoms with Crippen molar-refractivity contribution in [2.75, 3.05) is 0 Å². The molecule has 0 radical (unpaired) electrons. The molecule has 0 saturated heterocycles. The van der Waals surface area contributed by atoms with Crippen LogP contribution in [0.1, 0.15) is 33.4 Å². The second-order valence-corrected chi connectivity index (χ2v) is 10.7. The SMILES string of the molecule is Cc1cc2nc(-c3oc4c(C)c(-c5nc6cc(C)c(C)cc6s5)oc4c3C)sc2cc1C. The van der Waals surface area contributed by atoms with E-state index in [0.29, 0.717) is 0 Å². The molecule has 32 heavy (non-hydrogen) atoms. The summed E-state index contributed by atoms with van der Waals surface area (Å²) >= 11 is 3.32. The van der Waals surface area contributed by atoms with E-state index in [1.54, 1.807) is 22.7 Å². The highest BCUT2D eigenvalue weighted by Crippen LogP contribution is 2.44. The van der Waals surface area contributed by atoms with Crippen LogP contribution in [0.15, 0.2) is 33.1 Å². The minimum Gasteiger partial charge on any atom is -0.449 e. The average Bonchev–Trinajstić information content (AvgIpc) is 3.47. The Morgan fingerprint density at radius 1 is 0.562 bits per heavy atom. The third-order valence-electron chi connectivity index (χ3n) is 6.37. The Balaban J connectivity index is 1.49. The van der Waals surface area contributed by atoms with Crippen LogP contribution in [0.2, 0.25) is 0 Å². The van der Waals surface area contributed by atoms with E-state index in [-0.39, 0.29) is 0 Å². The molecule has 0 aliphatic heterocycles. The van der Waals surface area contributed by atoms with Gasteiger partial charge in [-0.15, -0.1) is 22.7 Å². The smallest absolute Gasteiger partial charge is 0.177 e. The molecule has 0 saturated carbocycles. The molecule has 4 nitrogen and oxygen atoms in total. The maximum absolute atomic E-state index is 6.35. The first-order chi connectivity index (χ1) is 15.3. The number of aromatic nitrogens is 2.